The number of halogens is 9. The fraction of sp³-hybridized carbons (Fsp3) is 0.500. The molecule has 0 unspecified atom stereocenters. The van der Waals surface area contributed by atoms with Gasteiger partial charge in [0.2, 0.25) is 0 Å². The molecule has 0 saturated carbocycles. The second-order valence-electron chi connectivity index (χ2n) is 15.9. The van der Waals surface area contributed by atoms with E-state index >= 15 is 0 Å². The molecule has 1 fully saturated rings. The summed E-state index contributed by atoms with van der Waals surface area (Å²) in [5.41, 5.74) is -4.42. The molecular weight excluding hydrogens is 915 g/mol. The summed E-state index contributed by atoms with van der Waals surface area (Å²) in [6.45, 7) is 11.1. The van der Waals surface area contributed by atoms with Crippen molar-refractivity contribution in [1.29, 1.82) is 0 Å². The van der Waals surface area contributed by atoms with Gasteiger partial charge < -0.3 is 28.3 Å². The van der Waals surface area contributed by atoms with Gasteiger partial charge in [-0.2, -0.15) is 45.6 Å². The topological polar surface area (TPSA) is 167 Å². The number of nitrogens with zero attached hydrogens (tertiary/aromatic N) is 10. The lowest BCUT2D eigenvalue weighted by atomic mass is 9.80. The number of aromatic nitrogens is 10. The van der Waals surface area contributed by atoms with E-state index in [1.54, 1.807) is 35.9 Å². The molecule has 0 aromatic carbocycles. The third-order valence-corrected chi connectivity index (χ3v) is 9.90. The van der Waals surface area contributed by atoms with Gasteiger partial charge in [0.25, 0.3) is 11.8 Å². The van der Waals surface area contributed by atoms with Crippen LogP contribution in [0.15, 0.2) is 48.8 Å². The number of methoxy groups -OCH3 is 2. The first kappa shape index (κ1) is 55.0. The highest BCUT2D eigenvalue weighted by Crippen LogP contribution is 2.38. The van der Waals surface area contributed by atoms with Gasteiger partial charge >= 0.3 is 19.5 Å². The summed E-state index contributed by atoms with van der Waals surface area (Å²) in [5, 5.41) is 24.4. The van der Waals surface area contributed by atoms with Crippen molar-refractivity contribution in [2.24, 2.45) is 0 Å². The fourth-order valence-electron chi connectivity index (χ4n) is 5.10. The molecule has 16 nitrogen and oxygen atoms in total. The Morgan fingerprint density at radius 1 is 0.652 bits per heavy atom. The molecule has 0 bridgehead atoms. The zero-order chi connectivity index (χ0) is 47.6. The maximum atomic E-state index is 14.3. The average molecular weight is 965 g/mol. The minimum absolute atomic E-state index is 0. The molecule has 0 amide bonds. The number of hydrogen-bond donors (Lipinski definition) is 0. The highest BCUT2D eigenvalue weighted by Gasteiger charge is 2.53. The van der Waals surface area contributed by atoms with Crippen molar-refractivity contribution in [1.82, 2.24) is 49.6 Å². The summed E-state index contributed by atoms with van der Waals surface area (Å²) in [6.07, 6.45) is -6.98. The quantitative estimate of drug-likeness (QED) is 0.0945. The zero-order valence-electron chi connectivity index (χ0n) is 35.9. The van der Waals surface area contributed by atoms with E-state index in [4.69, 9.17) is 39.9 Å². The fourth-order valence-corrected chi connectivity index (χ4v) is 5.24. The normalized spacial score (nSPS) is 14.7. The second kappa shape index (κ2) is 20.7. The lowest BCUT2D eigenvalue weighted by molar-refractivity contribution is -0.236. The van der Waals surface area contributed by atoms with Crippen LogP contribution in [0.3, 0.4) is 0 Å². The molecule has 66 heavy (non-hydrogen) atoms. The van der Waals surface area contributed by atoms with Crippen LogP contribution in [-0.2, 0) is 32.0 Å². The Morgan fingerprint density at radius 2 is 1.09 bits per heavy atom. The van der Waals surface area contributed by atoms with Gasteiger partial charge in [-0.05, 0) is 91.8 Å². The van der Waals surface area contributed by atoms with Crippen LogP contribution >= 0.6 is 11.6 Å². The lowest BCUT2D eigenvalue weighted by Crippen LogP contribution is -2.45. The molecule has 6 aromatic rings. The van der Waals surface area contributed by atoms with Crippen molar-refractivity contribution in [2.75, 3.05) is 14.2 Å². The van der Waals surface area contributed by atoms with E-state index in [1.807, 2.05) is 27.7 Å². The average Bonchev–Trinajstić information content (AvgIpc) is 3.84. The molecule has 26 heteroatoms. The lowest BCUT2D eigenvalue weighted by Gasteiger charge is -2.32. The summed E-state index contributed by atoms with van der Waals surface area (Å²) in [4.78, 5) is 7.34. The molecule has 0 N–H and O–H groups in total. The van der Waals surface area contributed by atoms with Gasteiger partial charge in [0.1, 0.15) is 18.4 Å². The maximum Gasteiger partial charge on any atom is 0.496 e. The van der Waals surface area contributed by atoms with Crippen molar-refractivity contribution in [3.63, 3.8) is 0 Å². The molecule has 0 atom stereocenters. The Hall–Kier alpha value is -5.37. The smallest absolute Gasteiger partial charge is 0.460 e. The molecule has 0 radical (unpaired) electrons. The highest BCUT2D eigenvalue weighted by atomic mass is 35.5. The first-order valence-electron chi connectivity index (χ1n) is 18.8. The highest BCUT2D eigenvalue weighted by molar-refractivity contribution is 6.62. The Kier molecular flexibility index (Phi) is 17.2. The predicted molar refractivity (Wildman–Crippen MR) is 226 cm³/mol. The third-order valence-electron chi connectivity index (χ3n) is 9.70. The number of alkyl halides is 6. The summed E-state index contributed by atoms with van der Waals surface area (Å²) < 4.78 is 139. The van der Waals surface area contributed by atoms with E-state index in [0.717, 1.165) is 39.8 Å². The zero-order valence-corrected chi connectivity index (χ0v) is 36.7. The van der Waals surface area contributed by atoms with E-state index in [2.05, 4.69) is 40.6 Å². The van der Waals surface area contributed by atoms with Gasteiger partial charge in [-0.1, -0.05) is 26.5 Å². The summed E-state index contributed by atoms with van der Waals surface area (Å²) in [7, 11) is 2.22. The molecule has 6 aromatic heterocycles. The van der Waals surface area contributed by atoms with E-state index < -0.39 is 65.3 Å². The van der Waals surface area contributed by atoms with Crippen molar-refractivity contribution in [3.8, 4) is 23.0 Å². The molecule has 1 aliphatic rings. The van der Waals surface area contributed by atoms with Gasteiger partial charge in [0, 0.05) is 37.6 Å². The van der Waals surface area contributed by atoms with Gasteiger partial charge in [0.05, 0.1) is 16.9 Å². The van der Waals surface area contributed by atoms with Crippen molar-refractivity contribution >= 4 is 35.5 Å². The van der Waals surface area contributed by atoms with Crippen molar-refractivity contribution < 1.29 is 63.4 Å². The molecule has 0 spiro atoms. The predicted octanol–water partition coefficient (Wildman–Crippen LogP) is 8.63. The number of ether oxygens (including phenoxy) is 4. The number of hydrogen-bond acceptors (Lipinski definition) is 14. The van der Waals surface area contributed by atoms with Crippen LogP contribution in [0.2, 0.25) is 5.15 Å². The van der Waals surface area contributed by atoms with Gasteiger partial charge in [0.15, 0.2) is 45.8 Å². The molecule has 1 aliphatic heterocycles. The molecule has 0 aliphatic carbocycles. The standard InChI is InChI=1S/C16H15F4N5O2.C15H20BF4NO3.C7H7ClN4O.2CH4/c1-15(2,16(18,19)20)27-14-10(17)6-9(7-21-14)11-4-5-12-22-23-13(8-26-3)25(12)24-11;1-12(2)13(3,4)24-16(23-12)9-7-10(17)11(21-8-9)22-14(5,6)15(18,19)20;1-13-4-7-10-9-6-3-2-5(8)11-12(6)7;;/h4-7H,8H2,1-3H3;7-8H,1-6H3;2-3H,4H2,1H3;2*1H4. The number of pyridine rings is 2. The maximum absolute atomic E-state index is 14.3. The van der Waals surface area contributed by atoms with Crippen LogP contribution in [0.1, 0.15) is 81.9 Å². The molecule has 7 heterocycles. The monoisotopic (exact) mass is 964 g/mol. The third kappa shape index (κ3) is 12.3. The Morgan fingerprint density at radius 3 is 1.53 bits per heavy atom. The Labute approximate surface area is 380 Å². The van der Waals surface area contributed by atoms with E-state index in [0.29, 0.717) is 40.4 Å². The number of rotatable bonds is 10. The van der Waals surface area contributed by atoms with Crippen LogP contribution in [0, 0.1) is 11.6 Å². The first-order chi connectivity index (χ1) is 29.6. The van der Waals surface area contributed by atoms with E-state index in [-0.39, 0.29) is 32.5 Å². The van der Waals surface area contributed by atoms with Crippen LogP contribution in [0.5, 0.6) is 11.8 Å². The van der Waals surface area contributed by atoms with Crippen molar-refractivity contribution in [2.45, 2.75) is 118 Å². The van der Waals surface area contributed by atoms with E-state index in [1.165, 1.54) is 24.0 Å². The van der Waals surface area contributed by atoms with Gasteiger partial charge in [-0.15, -0.1) is 20.4 Å². The molecule has 1 saturated heterocycles. The summed E-state index contributed by atoms with van der Waals surface area (Å²) in [6, 6.07) is 8.62. The largest absolute Gasteiger partial charge is 0.496 e. The summed E-state index contributed by atoms with van der Waals surface area (Å²) in [5.74, 6) is -2.44. The summed E-state index contributed by atoms with van der Waals surface area (Å²) >= 11 is 5.72. The Bertz CT molecular complexity index is 2560. The molecule has 7 rings (SSSR count). The first-order valence-corrected chi connectivity index (χ1v) is 19.2. The van der Waals surface area contributed by atoms with Gasteiger partial charge in [-0.3, -0.25) is 0 Å². The Balaban J connectivity index is 0.000000273. The van der Waals surface area contributed by atoms with E-state index in [9.17, 15) is 35.1 Å². The van der Waals surface area contributed by atoms with Crippen LogP contribution in [0.4, 0.5) is 35.1 Å². The van der Waals surface area contributed by atoms with Crippen LogP contribution in [0.25, 0.3) is 22.6 Å². The van der Waals surface area contributed by atoms with Crippen LogP contribution < -0.4 is 14.9 Å². The minimum Gasteiger partial charge on any atom is -0.460 e. The molecular formula is C40H50BClF8N10O6. The second-order valence-corrected chi connectivity index (χ2v) is 16.3. The van der Waals surface area contributed by atoms with Gasteiger partial charge in [-0.25, -0.2) is 18.7 Å². The SMILES string of the molecule is C.C.CC(C)(Oc1ncc(B2OC(C)(C)C(C)(C)O2)cc1F)C(F)(F)F.COCc1nnc2ccc(-c3cnc(OC(C)(C)C(F)(F)F)c(F)c3)nn12.COCc1nnc2ccc(Cl)nn12. The van der Waals surface area contributed by atoms with Crippen molar-refractivity contribution in [3.05, 3.63) is 77.2 Å². The van der Waals surface area contributed by atoms with Crippen LogP contribution in [-0.4, -0.2) is 106 Å². The number of fused-ring (bicyclic) bond motifs is 2. The minimum atomic E-state index is -4.68. The molecule has 362 valence electrons.